The molecular weight excluding hydrogens is 305 g/mol. The Hall–Kier alpha value is -1.72. The van der Waals surface area contributed by atoms with Gasteiger partial charge in [-0.25, -0.2) is 4.39 Å². The molecule has 2 fully saturated rings. The number of H-pyrrole nitrogens is 1. The molecule has 2 aliphatic heterocycles. The quantitative estimate of drug-likeness (QED) is 0.932. The summed E-state index contributed by atoms with van der Waals surface area (Å²) in [5, 5.41) is 7.22. The molecule has 0 saturated carbocycles. The van der Waals surface area contributed by atoms with E-state index in [0.717, 1.165) is 49.5 Å². The average molecular weight is 329 g/mol. The first-order chi connectivity index (χ1) is 11.7. The van der Waals surface area contributed by atoms with Gasteiger partial charge in [-0.15, -0.1) is 0 Å². The van der Waals surface area contributed by atoms with E-state index in [2.05, 4.69) is 15.1 Å². The van der Waals surface area contributed by atoms with Gasteiger partial charge >= 0.3 is 0 Å². The molecule has 2 aliphatic rings. The summed E-state index contributed by atoms with van der Waals surface area (Å²) in [6.45, 7) is 3.90. The number of nitrogens with zero attached hydrogens (tertiary/aromatic N) is 2. The van der Waals surface area contributed by atoms with Crippen LogP contribution in [0.5, 0.6) is 0 Å². The maximum atomic E-state index is 13.5. The van der Waals surface area contributed by atoms with Gasteiger partial charge in [0.1, 0.15) is 5.82 Å². The summed E-state index contributed by atoms with van der Waals surface area (Å²) in [4.78, 5) is 2.48. The molecule has 0 amide bonds. The molecule has 3 heterocycles. The third-order valence-electron chi connectivity index (χ3n) is 5.40. The van der Waals surface area contributed by atoms with Crippen LogP contribution in [0.1, 0.15) is 37.7 Å². The second kappa shape index (κ2) is 6.65. The number of halogens is 1. The van der Waals surface area contributed by atoms with E-state index < -0.39 is 0 Å². The Balaban J connectivity index is 1.47. The van der Waals surface area contributed by atoms with E-state index in [1.807, 2.05) is 12.3 Å². The lowest BCUT2D eigenvalue weighted by Crippen LogP contribution is -2.30. The van der Waals surface area contributed by atoms with Crippen molar-refractivity contribution in [1.29, 1.82) is 0 Å². The van der Waals surface area contributed by atoms with Gasteiger partial charge < -0.3 is 4.74 Å². The molecule has 1 N–H and O–H groups in total. The molecule has 5 heteroatoms. The van der Waals surface area contributed by atoms with Gasteiger partial charge in [0.25, 0.3) is 0 Å². The van der Waals surface area contributed by atoms with Gasteiger partial charge in [0.05, 0.1) is 17.5 Å². The smallest absolute Gasteiger partial charge is 0.123 e. The molecule has 4 rings (SSSR count). The first-order valence-electron chi connectivity index (χ1n) is 8.89. The lowest BCUT2D eigenvalue weighted by Gasteiger charge is -2.27. The van der Waals surface area contributed by atoms with Crippen molar-refractivity contribution in [3.8, 4) is 11.3 Å². The fourth-order valence-corrected chi connectivity index (χ4v) is 4.10. The van der Waals surface area contributed by atoms with Crippen molar-refractivity contribution in [2.24, 2.45) is 0 Å². The molecule has 1 atom stereocenters. The third kappa shape index (κ3) is 3.23. The molecule has 0 bridgehead atoms. The van der Waals surface area contributed by atoms with Gasteiger partial charge in [-0.2, -0.15) is 5.10 Å². The Morgan fingerprint density at radius 2 is 2.12 bits per heavy atom. The van der Waals surface area contributed by atoms with Crippen LogP contribution in [0.4, 0.5) is 4.39 Å². The summed E-state index contributed by atoms with van der Waals surface area (Å²) < 4.78 is 19.6. The maximum Gasteiger partial charge on any atom is 0.123 e. The number of nitrogens with one attached hydrogen (secondary N) is 1. The number of benzene rings is 1. The van der Waals surface area contributed by atoms with Crippen LogP contribution < -0.4 is 0 Å². The molecule has 1 aromatic carbocycles. The Bertz CT molecular complexity index is 693. The Morgan fingerprint density at radius 3 is 2.96 bits per heavy atom. The van der Waals surface area contributed by atoms with Crippen LogP contribution in [0.2, 0.25) is 0 Å². The number of likely N-dealkylation sites (tertiary alicyclic amines) is 1. The zero-order valence-electron chi connectivity index (χ0n) is 13.9. The van der Waals surface area contributed by atoms with Crippen LogP contribution in [0.3, 0.4) is 0 Å². The monoisotopic (exact) mass is 329 g/mol. The summed E-state index contributed by atoms with van der Waals surface area (Å²) in [7, 11) is 0. The normalized spacial score (nSPS) is 25.2. The fourth-order valence-electron chi connectivity index (χ4n) is 4.10. The number of hydrogen-bond donors (Lipinski definition) is 1. The first-order valence-corrected chi connectivity index (χ1v) is 8.89. The van der Waals surface area contributed by atoms with Crippen molar-refractivity contribution in [3.05, 3.63) is 41.8 Å². The largest absolute Gasteiger partial charge is 0.375 e. The van der Waals surface area contributed by atoms with Gasteiger partial charge in [0.2, 0.25) is 0 Å². The second-order valence-corrected chi connectivity index (χ2v) is 7.05. The van der Waals surface area contributed by atoms with E-state index in [9.17, 15) is 4.39 Å². The maximum absolute atomic E-state index is 13.5. The minimum absolute atomic E-state index is 0.135. The second-order valence-electron chi connectivity index (χ2n) is 7.05. The molecular formula is C19H24FN3O. The number of rotatable bonds is 3. The lowest BCUT2D eigenvalue weighted by atomic mass is 9.92. The summed E-state index contributed by atoms with van der Waals surface area (Å²) in [5.74, 6) is -0.219. The van der Waals surface area contributed by atoms with Crippen LogP contribution in [0.15, 0.2) is 30.5 Å². The fraction of sp³-hybridized carbons (Fsp3) is 0.526. The van der Waals surface area contributed by atoms with Crippen LogP contribution >= 0.6 is 0 Å². The Labute approximate surface area is 142 Å². The van der Waals surface area contributed by atoms with E-state index in [0.29, 0.717) is 0 Å². The SMILES string of the molecule is Fc1cccc(-c2[nH]ncc2CN2CCCC3(CCCO3)CC2)c1. The minimum atomic E-state index is -0.219. The van der Waals surface area contributed by atoms with Crippen molar-refractivity contribution < 1.29 is 9.13 Å². The number of aromatic nitrogens is 2. The summed E-state index contributed by atoms with van der Waals surface area (Å²) >= 11 is 0. The predicted octanol–water partition coefficient (Wildman–Crippen LogP) is 3.75. The summed E-state index contributed by atoms with van der Waals surface area (Å²) in [5.41, 5.74) is 3.04. The molecule has 0 aliphatic carbocycles. The molecule has 1 spiro atoms. The van der Waals surface area contributed by atoms with Crippen molar-refractivity contribution >= 4 is 0 Å². The van der Waals surface area contributed by atoms with Crippen molar-refractivity contribution in [2.45, 2.75) is 44.2 Å². The zero-order chi connectivity index (χ0) is 16.4. The number of aromatic amines is 1. The van der Waals surface area contributed by atoms with Crippen molar-refractivity contribution in [1.82, 2.24) is 15.1 Å². The zero-order valence-corrected chi connectivity index (χ0v) is 13.9. The average Bonchev–Trinajstić information content (AvgIpc) is 3.17. The van der Waals surface area contributed by atoms with E-state index in [1.54, 1.807) is 12.1 Å². The number of ether oxygens (including phenoxy) is 1. The highest BCUT2D eigenvalue weighted by Gasteiger charge is 2.36. The van der Waals surface area contributed by atoms with Crippen molar-refractivity contribution in [2.75, 3.05) is 19.7 Å². The van der Waals surface area contributed by atoms with Crippen LogP contribution in [0.25, 0.3) is 11.3 Å². The van der Waals surface area contributed by atoms with Gasteiger partial charge in [0, 0.05) is 30.8 Å². The topological polar surface area (TPSA) is 41.2 Å². The Morgan fingerprint density at radius 1 is 1.21 bits per heavy atom. The molecule has 4 nitrogen and oxygen atoms in total. The molecule has 128 valence electrons. The standard InChI is InChI=1S/C19H24FN3O/c20-17-5-1-4-15(12-17)18-16(13-21-22-18)14-23-9-2-6-19(8-10-23)7-3-11-24-19/h1,4-5,12-13H,2-3,6-11,14H2,(H,21,22). The lowest BCUT2D eigenvalue weighted by molar-refractivity contribution is -0.00737. The van der Waals surface area contributed by atoms with Crippen LogP contribution in [0, 0.1) is 5.82 Å². The van der Waals surface area contributed by atoms with Crippen LogP contribution in [-0.4, -0.2) is 40.4 Å². The van der Waals surface area contributed by atoms with Gasteiger partial charge in [-0.05, 0) is 50.8 Å². The molecule has 1 aromatic heterocycles. The highest BCUT2D eigenvalue weighted by molar-refractivity contribution is 5.62. The van der Waals surface area contributed by atoms with Gasteiger partial charge in [-0.3, -0.25) is 10.00 Å². The minimum Gasteiger partial charge on any atom is -0.375 e. The molecule has 2 aromatic rings. The first kappa shape index (κ1) is 15.8. The van der Waals surface area contributed by atoms with Crippen LogP contribution in [-0.2, 0) is 11.3 Å². The highest BCUT2D eigenvalue weighted by Crippen LogP contribution is 2.36. The predicted molar refractivity (Wildman–Crippen MR) is 91.0 cm³/mol. The highest BCUT2D eigenvalue weighted by atomic mass is 19.1. The van der Waals surface area contributed by atoms with Gasteiger partial charge in [0.15, 0.2) is 0 Å². The number of hydrogen-bond acceptors (Lipinski definition) is 3. The molecule has 0 radical (unpaired) electrons. The van der Waals surface area contributed by atoms with Crippen molar-refractivity contribution in [3.63, 3.8) is 0 Å². The molecule has 1 unspecified atom stereocenters. The molecule has 24 heavy (non-hydrogen) atoms. The summed E-state index contributed by atoms with van der Waals surface area (Å²) in [6, 6.07) is 6.68. The van der Waals surface area contributed by atoms with Gasteiger partial charge in [-0.1, -0.05) is 12.1 Å². The van der Waals surface area contributed by atoms with E-state index in [1.165, 1.54) is 31.7 Å². The van der Waals surface area contributed by atoms with E-state index in [-0.39, 0.29) is 11.4 Å². The Kier molecular flexibility index (Phi) is 4.37. The van der Waals surface area contributed by atoms with E-state index >= 15 is 0 Å². The summed E-state index contributed by atoms with van der Waals surface area (Å²) in [6.07, 6.45) is 7.73. The molecule has 2 saturated heterocycles. The van der Waals surface area contributed by atoms with E-state index in [4.69, 9.17) is 4.74 Å². The third-order valence-corrected chi connectivity index (χ3v) is 5.40.